The predicted octanol–water partition coefficient (Wildman–Crippen LogP) is 3.06. The zero-order valence-electron chi connectivity index (χ0n) is 12.8. The van der Waals surface area contributed by atoms with Gasteiger partial charge >= 0.3 is 0 Å². The first-order valence-corrected chi connectivity index (χ1v) is 6.95. The molecule has 1 aromatic heterocycles. The van der Waals surface area contributed by atoms with Crippen molar-refractivity contribution in [3.05, 3.63) is 24.0 Å². The molecule has 6 heteroatoms. The molecule has 2 rings (SSSR count). The number of methoxy groups -OCH3 is 1. The Balaban J connectivity index is 2.35. The van der Waals surface area contributed by atoms with Crippen LogP contribution in [-0.4, -0.2) is 23.9 Å². The summed E-state index contributed by atoms with van der Waals surface area (Å²) in [7, 11) is 1.58. The molecule has 0 saturated heterocycles. The number of nitrogen functional groups attached to an aromatic ring is 1. The highest BCUT2D eigenvalue weighted by Crippen LogP contribution is 2.32. The lowest BCUT2D eigenvalue weighted by molar-refractivity contribution is 0.0217. The minimum Gasteiger partial charge on any atom is -0.496 e. The molecular formula is C15H21N3O3. The van der Waals surface area contributed by atoms with Gasteiger partial charge in [-0.1, -0.05) is 19.0 Å². The Hall–Kier alpha value is -2.08. The maximum Gasteiger partial charge on any atom is 0.261 e. The van der Waals surface area contributed by atoms with Crippen LogP contribution in [0.2, 0.25) is 0 Å². The smallest absolute Gasteiger partial charge is 0.261 e. The normalized spacial score (nSPS) is 12.6. The summed E-state index contributed by atoms with van der Waals surface area (Å²) in [6.07, 6.45) is -0.188. The first-order valence-electron chi connectivity index (χ1n) is 6.95. The fourth-order valence-corrected chi connectivity index (χ4v) is 2.09. The van der Waals surface area contributed by atoms with Gasteiger partial charge in [0.15, 0.2) is 0 Å². The van der Waals surface area contributed by atoms with E-state index < -0.39 is 0 Å². The van der Waals surface area contributed by atoms with E-state index in [0.29, 0.717) is 35.3 Å². The molecule has 1 aromatic carbocycles. The van der Waals surface area contributed by atoms with Crippen LogP contribution in [0.15, 0.2) is 22.7 Å². The van der Waals surface area contributed by atoms with Crippen molar-refractivity contribution in [2.24, 2.45) is 5.92 Å². The van der Waals surface area contributed by atoms with Crippen molar-refractivity contribution in [1.82, 2.24) is 10.1 Å². The standard InChI is InChI=1S/C15H21N3O3/c1-5-20-13(9(2)3)14-17-15(21-18-14)11-7-6-10(16)8-12(11)19-4/h6-9,13H,5,16H2,1-4H3. The van der Waals surface area contributed by atoms with Crippen molar-refractivity contribution in [2.75, 3.05) is 19.5 Å². The van der Waals surface area contributed by atoms with Crippen molar-refractivity contribution < 1.29 is 14.0 Å². The van der Waals surface area contributed by atoms with Crippen LogP contribution in [0, 0.1) is 5.92 Å². The number of hydrogen-bond donors (Lipinski definition) is 1. The van der Waals surface area contributed by atoms with Crippen LogP contribution in [0.1, 0.15) is 32.7 Å². The second kappa shape index (κ2) is 6.58. The summed E-state index contributed by atoms with van der Waals surface area (Å²) < 4.78 is 16.3. The molecule has 2 aromatic rings. The van der Waals surface area contributed by atoms with Gasteiger partial charge in [-0.3, -0.25) is 0 Å². The highest BCUT2D eigenvalue weighted by atomic mass is 16.5. The Morgan fingerprint density at radius 3 is 2.71 bits per heavy atom. The molecule has 0 fully saturated rings. The van der Waals surface area contributed by atoms with Crippen molar-refractivity contribution in [2.45, 2.75) is 26.9 Å². The lowest BCUT2D eigenvalue weighted by atomic mass is 10.1. The molecule has 0 amide bonds. The topological polar surface area (TPSA) is 83.4 Å². The molecule has 0 saturated carbocycles. The van der Waals surface area contributed by atoms with Crippen LogP contribution in [0.5, 0.6) is 5.75 Å². The van der Waals surface area contributed by atoms with Gasteiger partial charge in [-0.25, -0.2) is 0 Å². The summed E-state index contributed by atoms with van der Waals surface area (Å²) in [5.41, 5.74) is 7.08. The highest BCUT2D eigenvalue weighted by Gasteiger charge is 2.23. The Morgan fingerprint density at radius 1 is 1.33 bits per heavy atom. The number of benzene rings is 1. The molecule has 0 bridgehead atoms. The summed E-state index contributed by atoms with van der Waals surface area (Å²) in [5.74, 6) is 1.79. The van der Waals surface area contributed by atoms with E-state index in [1.54, 1.807) is 25.3 Å². The molecule has 6 nitrogen and oxygen atoms in total. The van der Waals surface area contributed by atoms with Crippen molar-refractivity contribution in [1.29, 1.82) is 0 Å². The van der Waals surface area contributed by atoms with Gasteiger partial charge in [0.05, 0.1) is 12.7 Å². The monoisotopic (exact) mass is 291 g/mol. The van der Waals surface area contributed by atoms with E-state index in [1.807, 2.05) is 6.92 Å². The molecule has 1 atom stereocenters. The first kappa shape index (κ1) is 15.3. The molecule has 114 valence electrons. The van der Waals surface area contributed by atoms with E-state index >= 15 is 0 Å². The molecule has 0 aliphatic heterocycles. The lowest BCUT2D eigenvalue weighted by Gasteiger charge is -2.16. The van der Waals surface area contributed by atoms with Crippen LogP contribution in [0.3, 0.4) is 0 Å². The van der Waals surface area contributed by atoms with E-state index in [-0.39, 0.29) is 12.0 Å². The molecule has 1 heterocycles. The second-order valence-electron chi connectivity index (χ2n) is 5.04. The Bertz CT molecular complexity index is 596. The fourth-order valence-electron chi connectivity index (χ4n) is 2.09. The quantitative estimate of drug-likeness (QED) is 0.823. The molecule has 0 aliphatic rings. The van der Waals surface area contributed by atoms with Gasteiger partial charge < -0.3 is 19.7 Å². The van der Waals surface area contributed by atoms with Gasteiger partial charge in [0.1, 0.15) is 11.9 Å². The lowest BCUT2D eigenvalue weighted by Crippen LogP contribution is -2.12. The van der Waals surface area contributed by atoms with Gasteiger partial charge in [-0.05, 0) is 25.0 Å². The van der Waals surface area contributed by atoms with Crippen LogP contribution in [0.25, 0.3) is 11.5 Å². The molecule has 21 heavy (non-hydrogen) atoms. The van der Waals surface area contributed by atoms with Crippen molar-refractivity contribution in [3.63, 3.8) is 0 Å². The SMILES string of the molecule is CCOC(c1noc(-c2ccc(N)cc2OC)n1)C(C)C. The van der Waals surface area contributed by atoms with E-state index in [2.05, 4.69) is 24.0 Å². The average Bonchev–Trinajstić information content (AvgIpc) is 2.93. The van der Waals surface area contributed by atoms with Gasteiger partial charge in [0.25, 0.3) is 5.89 Å². The van der Waals surface area contributed by atoms with Crippen molar-refractivity contribution >= 4 is 5.69 Å². The second-order valence-corrected chi connectivity index (χ2v) is 5.04. The van der Waals surface area contributed by atoms with Gasteiger partial charge in [0.2, 0.25) is 5.82 Å². The minimum atomic E-state index is -0.188. The maximum absolute atomic E-state index is 5.75. The van der Waals surface area contributed by atoms with Crippen LogP contribution >= 0.6 is 0 Å². The Labute approximate surface area is 124 Å². The highest BCUT2D eigenvalue weighted by molar-refractivity contribution is 5.66. The van der Waals surface area contributed by atoms with Crippen molar-refractivity contribution in [3.8, 4) is 17.2 Å². The summed E-state index contributed by atoms with van der Waals surface area (Å²) >= 11 is 0. The Morgan fingerprint density at radius 2 is 2.10 bits per heavy atom. The zero-order valence-corrected chi connectivity index (χ0v) is 12.8. The van der Waals surface area contributed by atoms with E-state index in [4.69, 9.17) is 19.7 Å². The summed E-state index contributed by atoms with van der Waals surface area (Å²) in [4.78, 5) is 4.44. The number of ether oxygens (including phenoxy) is 2. The van der Waals surface area contributed by atoms with E-state index in [0.717, 1.165) is 0 Å². The number of nitrogens with zero attached hydrogens (tertiary/aromatic N) is 2. The molecule has 0 aliphatic carbocycles. The number of anilines is 1. The largest absolute Gasteiger partial charge is 0.496 e. The molecule has 2 N–H and O–H groups in total. The van der Waals surface area contributed by atoms with Crippen LogP contribution < -0.4 is 10.5 Å². The third-order valence-electron chi connectivity index (χ3n) is 3.10. The van der Waals surface area contributed by atoms with Crippen LogP contribution in [-0.2, 0) is 4.74 Å². The molecule has 0 radical (unpaired) electrons. The molecule has 0 spiro atoms. The van der Waals surface area contributed by atoms with Gasteiger partial charge in [0, 0.05) is 18.4 Å². The third-order valence-corrected chi connectivity index (χ3v) is 3.10. The number of rotatable bonds is 6. The summed E-state index contributed by atoms with van der Waals surface area (Å²) in [6.45, 7) is 6.65. The van der Waals surface area contributed by atoms with E-state index in [1.165, 1.54) is 0 Å². The third kappa shape index (κ3) is 3.33. The molecule has 1 unspecified atom stereocenters. The summed E-state index contributed by atoms with van der Waals surface area (Å²) in [6, 6.07) is 5.29. The first-order chi connectivity index (χ1) is 10.1. The predicted molar refractivity (Wildman–Crippen MR) is 79.9 cm³/mol. The molecular weight excluding hydrogens is 270 g/mol. The van der Waals surface area contributed by atoms with E-state index in [9.17, 15) is 0 Å². The average molecular weight is 291 g/mol. The minimum absolute atomic E-state index is 0.188. The number of nitrogens with two attached hydrogens (primary N) is 1. The summed E-state index contributed by atoms with van der Waals surface area (Å²) in [5, 5.41) is 4.03. The maximum atomic E-state index is 5.75. The van der Waals surface area contributed by atoms with Gasteiger partial charge in [-0.15, -0.1) is 0 Å². The fraction of sp³-hybridized carbons (Fsp3) is 0.467. The zero-order chi connectivity index (χ0) is 15.4. The van der Waals surface area contributed by atoms with Crippen LogP contribution in [0.4, 0.5) is 5.69 Å². The Kier molecular flexibility index (Phi) is 4.80. The van der Waals surface area contributed by atoms with Gasteiger partial charge in [-0.2, -0.15) is 4.98 Å². The number of aromatic nitrogens is 2. The number of hydrogen-bond acceptors (Lipinski definition) is 6.